The zero-order chi connectivity index (χ0) is 11.4. The third-order valence-corrected chi connectivity index (χ3v) is 2.88. The number of hydrogen-bond acceptors (Lipinski definition) is 1. The van der Waals surface area contributed by atoms with Gasteiger partial charge in [0.1, 0.15) is 0 Å². The first-order valence-corrected chi connectivity index (χ1v) is 6.06. The Morgan fingerprint density at radius 1 is 1.53 bits per heavy atom. The molecule has 0 radical (unpaired) electrons. The lowest BCUT2D eigenvalue weighted by molar-refractivity contribution is 0.0954. The zero-order valence-corrected chi connectivity index (χ0v) is 11.2. The molecule has 0 saturated carbocycles. The van der Waals surface area contributed by atoms with Crippen LogP contribution in [0.5, 0.6) is 0 Å². The van der Waals surface area contributed by atoms with E-state index in [0.29, 0.717) is 22.2 Å². The molecule has 82 valence electrons. The summed E-state index contributed by atoms with van der Waals surface area (Å²) in [6.07, 6.45) is 0. The molecule has 1 atom stereocenters. The zero-order valence-electron chi connectivity index (χ0n) is 8.06. The molecular weight excluding hydrogens is 301 g/mol. The topological polar surface area (TPSA) is 29.1 Å². The SMILES string of the molecule is CC(Br)CNC(=O)c1cccc(Cl)c1Cl. The van der Waals surface area contributed by atoms with E-state index < -0.39 is 0 Å². The molecule has 0 aliphatic carbocycles. The Morgan fingerprint density at radius 3 is 2.80 bits per heavy atom. The van der Waals surface area contributed by atoms with E-state index in [9.17, 15) is 4.79 Å². The standard InChI is InChI=1S/C10H10BrCl2NO/c1-6(11)5-14-10(15)7-3-2-4-8(12)9(7)13/h2-4,6H,5H2,1H3,(H,14,15). The minimum atomic E-state index is -0.214. The second-order valence-corrected chi connectivity index (χ2v) is 5.44. The number of carbonyl (C=O) groups excluding carboxylic acids is 1. The molecule has 1 aromatic carbocycles. The van der Waals surface area contributed by atoms with Crippen molar-refractivity contribution in [2.75, 3.05) is 6.54 Å². The molecule has 0 aliphatic rings. The first kappa shape index (κ1) is 12.8. The highest BCUT2D eigenvalue weighted by Gasteiger charge is 2.12. The summed E-state index contributed by atoms with van der Waals surface area (Å²) in [5, 5.41) is 3.41. The molecule has 0 bridgehead atoms. The Labute approximate surface area is 107 Å². The molecule has 1 amide bonds. The maximum atomic E-state index is 11.6. The molecule has 2 nitrogen and oxygen atoms in total. The molecule has 5 heteroatoms. The van der Waals surface area contributed by atoms with Gasteiger partial charge in [0.25, 0.3) is 5.91 Å². The van der Waals surface area contributed by atoms with Gasteiger partial charge in [0.15, 0.2) is 0 Å². The third kappa shape index (κ3) is 3.67. The van der Waals surface area contributed by atoms with Crippen molar-refractivity contribution in [2.24, 2.45) is 0 Å². The van der Waals surface area contributed by atoms with Crippen molar-refractivity contribution in [1.82, 2.24) is 5.32 Å². The molecule has 1 N–H and O–H groups in total. The highest BCUT2D eigenvalue weighted by molar-refractivity contribution is 9.09. The van der Waals surface area contributed by atoms with Crippen molar-refractivity contribution >= 4 is 45.0 Å². The number of halogens is 3. The Hall–Kier alpha value is -0.250. The van der Waals surface area contributed by atoms with Crippen molar-refractivity contribution in [3.8, 4) is 0 Å². The third-order valence-electron chi connectivity index (χ3n) is 1.74. The molecule has 0 aromatic heterocycles. The van der Waals surface area contributed by atoms with Gasteiger partial charge in [-0.05, 0) is 12.1 Å². The minimum Gasteiger partial charge on any atom is -0.351 e. The summed E-state index contributed by atoms with van der Waals surface area (Å²) in [5.41, 5.74) is 0.400. The van der Waals surface area contributed by atoms with Crippen LogP contribution in [0.4, 0.5) is 0 Å². The molecule has 0 aliphatic heterocycles. The quantitative estimate of drug-likeness (QED) is 0.851. The molecule has 1 unspecified atom stereocenters. The average Bonchev–Trinajstić information content (AvgIpc) is 2.18. The molecule has 0 fully saturated rings. The lowest BCUT2D eigenvalue weighted by Gasteiger charge is -2.08. The molecule has 15 heavy (non-hydrogen) atoms. The number of nitrogens with one attached hydrogen (secondary N) is 1. The van der Waals surface area contributed by atoms with Crippen LogP contribution in [-0.4, -0.2) is 17.3 Å². The minimum absolute atomic E-state index is 0.214. The monoisotopic (exact) mass is 309 g/mol. The van der Waals surface area contributed by atoms with Crippen LogP contribution in [0.1, 0.15) is 17.3 Å². The van der Waals surface area contributed by atoms with Gasteiger partial charge in [0.05, 0.1) is 15.6 Å². The maximum Gasteiger partial charge on any atom is 0.252 e. The van der Waals surface area contributed by atoms with E-state index in [2.05, 4.69) is 21.2 Å². The largest absolute Gasteiger partial charge is 0.351 e. The van der Waals surface area contributed by atoms with Crippen LogP contribution in [0.3, 0.4) is 0 Å². The number of rotatable bonds is 3. The average molecular weight is 311 g/mol. The van der Waals surface area contributed by atoms with Crippen LogP contribution in [-0.2, 0) is 0 Å². The molecule has 1 aromatic rings. The van der Waals surface area contributed by atoms with E-state index in [1.165, 1.54) is 0 Å². The lowest BCUT2D eigenvalue weighted by Crippen LogP contribution is -2.28. The number of carbonyl (C=O) groups is 1. The predicted molar refractivity (Wildman–Crippen MR) is 67.2 cm³/mol. The van der Waals surface area contributed by atoms with E-state index in [-0.39, 0.29) is 10.7 Å². The van der Waals surface area contributed by atoms with Gasteiger partial charge in [-0.1, -0.05) is 52.1 Å². The molecule has 0 saturated heterocycles. The van der Waals surface area contributed by atoms with E-state index in [0.717, 1.165) is 0 Å². The highest BCUT2D eigenvalue weighted by Crippen LogP contribution is 2.25. The van der Waals surface area contributed by atoms with Crippen LogP contribution in [0, 0.1) is 0 Å². The van der Waals surface area contributed by atoms with Gasteiger partial charge in [-0.25, -0.2) is 0 Å². The summed E-state index contributed by atoms with van der Waals surface area (Å²) in [6.45, 7) is 2.49. The van der Waals surface area contributed by atoms with E-state index >= 15 is 0 Å². The van der Waals surface area contributed by atoms with E-state index in [1.807, 2.05) is 6.92 Å². The number of alkyl halides is 1. The van der Waals surface area contributed by atoms with Crippen molar-refractivity contribution in [1.29, 1.82) is 0 Å². The first-order chi connectivity index (χ1) is 7.02. The van der Waals surface area contributed by atoms with Crippen LogP contribution in [0.25, 0.3) is 0 Å². The van der Waals surface area contributed by atoms with Gasteiger partial charge in [-0.2, -0.15) is 0 Å². The van der Waals surface area contributed by atoms with Crippen molar-refractivity contribution in [3.05, 3.63) is 33.8 Å². The number of hydrogen-bond donors (Lipinski definition) is 1. The second-order valence-electron chi connectivity index (χ2n) is 3.09. The van der Waals surface area contributed by atoms with Crippen molar-refractivity contribution in [3.63, 3.8) is 0 Å². The van der Waals surface area contributed by atoms with E-state index in [1.54, 1.807) is 18.2 Å². The summed E-state index contributed by atoms with van der Waals surface area (Å²) in [7, 11) is 0. The first-order valence-electron chi connectivity index (χ1n) is 4.38. The van der Waals surface area contributed by atoms with E-state index in [4.69, 9.17) is 23.2 Å². The van der Waals surface area contributed by atoms with Crippen molar-refractivity contribution < 1.29 is 4.79 Å². The lowest BCUT2D eigenvalue weighted by atomic mass is 10.2. The van der Waals surface area contributed by atoms with Crippen LogP contribution >= 0.6 is 39.1 Å². The summed E-state index contributed by atoms with van der Waals surface area (Å²) >= 11 is 15.0. The summed E-state index contributed by atoms with van der Waals surface area (Å²) < 4.78 is 0. The molecule has 0 spiro atoms. The summed E-state index contributed by atoms with van der Waals surface area (Å²) in [6, 6.07) is 4.98. The fraction of sp³-hybridized carbons (Fsp3) is 0.300. The van der Waals surface area contributed by atoms with Gasteiger partial charge in [0.2, 0.25) is 0 Å². The fourth-order valence-electron chi connectivity index (χ4n) is 1.01. The van der Waals surface area contributed by atoms with Crippen LogP contribution in [0.15, 0.2) is 18.2 Å². The van der Waals surface area contributed by atoms with Gasteiger partial charge in [0, 0.05) is 11.4 Å². The van der Waals surface area contributed by atoms with Gasteiger partial charge in [-0.3, -0.25) is 4.79 Å². The smallest absolute Gasteiger partial charge is 0.252 e. The molecule has 0 heterocycles. The Bertz CT molecular complexity index is 368. The van der Waals surface area contributed by atoms with Crippen molar-refractivity contribution in [2.45, 2.75) is 11.8 Å². The Morgan fingerprint density at radius 2 is 2.20 bits per heavy atom. The number of amides is 1. The van der Waals surface area contributed by atoms with Gasteiger partial charge >= 0.3 is 0 Å². The molecular formula is C10H10BrCl2NO. The van der Waals surface area contributed by atoms with Crippen LogP contribution < -0.4 is 5.32 Å². The molecule has 1 rings (SSSR count). The second kappa shape index (κ2) is 5.73. The fourth-order valence-corrected chi connectivity index (χ4v) is 1.56. The summed E-state index contributed by atoms with van der Waals surface area (Å²) in [4.78, 5) is 11.9. The van der Waals surface area contributed by atoms with Gasteiger partial charge in [-0.15, -0.1) is 0 Å². The predicted octanol–water partition coefficient (Wildman–Crippen LogP) is 3.51. The van der Waals surface area contributed by atoms with Crippen LogP contribution in [0.2, 0.25) is 10.0 Å². The summed E-state index contributed by atoms with van der Waals surface area (Å²) in [5.74, 6) is -0.214. The normalized spacial score (nSPS) is 12.3. The Balaban J connectivity index is 2.78. The Kier molecular flexibility index (Phi) is 4.90. The highest BCUT2D eigenvalue weighted by atomic mass is 79.9. The van der Waals surface area contributed by atoms with Gasteiger partial charge < -0.3 is 5.32 Å². The maximum absolute atomic E-state index is 11.6. The number of benzene rings is 1.